The molecule has 1 aliphatic heterocycles. The number of hydrogen-bond acceptors (Lipinski definition) is 5. The molecule has 0 aromatic heterocycles. The Morgan fingerprint density at radius 3 is 2.31 bits per heavy atom. The molecule has 1 aromatic carbocycles. The number of amides is 1. The lowest BCUT2D eigenvalue weighted by Crippen LogP contribution is -2.49. The summed E-state index contributed by atoms with van der Waals surface area (Å²) in [6, 6.07) is 6.76. The fraction of sp³-hybridized carbons (Fsp3) is 0.667. The zero-order valence-corrected chi connectivity index (χ0v) is 20.0. The van der Waals surface area contributed by atoms with Gasteiger partial charge in [0.1, 0.15) is 18.0 Å². The number of likely N-dealkylation sites (N-methyl/N-ethyl adjacent to an activating group) is 1. The van der Waals surface area contributed by atoms with E-state index in [4.69, 9.17) is 9.47 Å². The molecule has 1 saturated heterocycles. The van der Waals surface area contributed by atoms with Crippen molar-refractivity contribution in [2.75, 3.05) is 47.9 Å². The van der Waals surface area contributed by atoms with E-state index >= 15 is 0 Å². The molecule has 1 aromatic rings. The normalized spacial score (nSPS) is 20.1. The number of aliphatic imine (C=N–C) groups is 1. The van der Waals surface area contributed by atoms with Crippen LogP contribution < -0.4 is 20.1 Å². The van der Waals surface area contributed by atoms with Gasteiger partial charge in [0.2, 0.25) is 5.91 Å². The van der Waals surface area contributed by atoms with Crippen molar-refractivity contribution in [3.05, 3.63) is 23.8 Å². The summed E-state index contributed by atoms with van der Waals surface area (Å²) in [6.45, 7) is 2.93. The SMILES string of the molecule is COc1cc(CN2CCC(NC(=NCC(=O)N(C)C)NC3CCCCC3)C2)cc(OC)c1. The number of nitrogens with zero attached hydrogens (tertiary/aromatic N) is 3. The lowest BCUT2D eigenvalue weighted by molar-refractivity contribution is -0.127. The van der Waals surface area contributed by atoms with Crippen molar-refractivity contribution < 1.29 is 14.3 Å². The molecule has 0 spiro atoms. The van der Waals surface area contributed by atoms with Crippen molar-refractivity contribution >= 4 is 11.9 Å². The first-order chi connectivity index (χ1) is 15.5. The van der Waals surface area contributed by atoms with Crippen molar-refractivity contribution in [3.8, 4) is 11.5 Å². The standard InChI is InChI=1S/C24H39N5O3/c1-28(2)23(30)15-25-24(26-19-8-6-5-7-9-19)27-20-10-11-29(17-20)16-18-12-21(31-3)14-22(13-18)32-4/h12-14,19-20H,5-11,15-17H2,1-4H3,(H2,25,26,27). The number of nitrogens with one attached hydrogen (secondary N) is 2. The molecule has 1 unspecified atom stereocenters. The van der Waals surface area contributed by atoms with Crippen LogP contribution in [-0.4, -0.2) is 81.7 Å². The van der Waals surface area contributed by atoms with Gasteiger partial charge in [0, 0.05) is 51.9 Å². The first-order valence-electron chi connectivity index (χ1n) is 11.7. The van der Waals surface area contributed by atoms with Crippen molar-refractivity contribution in [1.29, 1.82) is 0 Å². The molecule has 1 atom stereocenters. The Bertz CT molecular complexity index is 755. The number of carbonyl (C=O) groups is 1. The van der Waals surface area contributed by atoms with E-state index in [-0.39, 0.29) is 12.5 Å². The highest BCUT2D eigenvalue weighted by molar-refractivity contribution is 5.85. The average Bonchev–Trinajstić information content (AvgIpc) is 3.23. The van der Waals surface area contributed by atoms with Gasteiger partial charge in [-0.25, -0.2) is 4.99 Å². The first kappa shape index (κ1) is 24.2. The van der Waals surface area contributed by atoms with Gasteiger partial charge in [0.05, 0.1) is 14.2 Å². The molecule has 8 heteroatoms. The van der Waals surface area contributed by atoms with Crippen LogP contribution in [0.2, 0.25) is 0 Å². The second-order valence-electron chi connectivity index (χ2n) is 9.02. The Balaban J connectivity index is 1.59. The third kappa shape index (κ3) is 7.29. The van der Waals surface area contributed by atoms with Gasteiger partial charge in [0.15, 0.2) is 5.96 Å². The fourth-order valence-electron chi connectivity index (χ4n) is 4.36. The van der Waals surface area contributed by atoms with Gasteiger partial charge < -0.3 is 25.0 Å². The summed E-state index contributed by atoms with van der Waals surface area (Å²) in [6.07, 6.45) is 7.18. The number of hydrogen-bond donors (Lipinski definition) is 2. The van der Waals surface area contributed by atoms with Crippen LogP contribution in [0.1, 0.15) is 44.1 Å². The van der Waals surface area contributed by atoms with Crippen LogP contribution in [0.5, 0.6) is 11.5 Å². The minimum absolute atomic E-state index is 0.00904. The largest absolute Gasteiger partial charge is 0.497 e. The highest BCUT2D eigenvalue weighted by atomic mass is 16.5. The van der Waals surface area contributed by atoms with Crippen LogP contribution in [0.3, 0.4) is 0 Å². The van der Waals surface area contributed by atoms with E-state index in [0.717, 1.165) is 56.4 Å². The summed E-state index contributed by atoms with van der Waals surface area (Å²) in [5.74, 6) is 2.39. The zero-order valence-electron chi connectivity index (χ0n) is 20.0. The summed E-state index contributed by atoms with van der Waals surface area (Å²) in [4.78, 5) is 20.7. The Labute approximate surface area is 192 Å². The van der Waals surface area contributed by atoms with Crippen LogP contribution in [0, 0.1) is 0 Å². The molecule has 0 radical (unpaired) electrons. The lowest BCUT2D eigenvalue weighted by atomic mass is 9.96. The maximum absolute atomic E-state index is 12.1. The molecule has 3 rings (SSSR count). The van der Waals surface area contributed by atoms with Gasteiger partial charge in [0.25, 0.3) is 0 Å². The van der Waals surface area contributed by atoms with Gasteiger partial charge in [-0.1, -0.05) is 19.3 Å². The predicted octanol–water partition coefficient (Wildman–Crippen LogP) is 2.23. The van der Waals surface area contributed by atoms with E-state index in [1.54, 1.807) is 33.2 Å². The quantitative estimate of drug-likeness (QED) is 0.472. The molecule has 1 heterocycles. The fourth-order valence-corrected chi connectivity index (χ4v) is 4.36. The van der Waals surface area contributed by atoms with Crippen LogP contribution in [0.15, 0.2) is 23.2 Å². The molecular weight excluding hydrogens is 406 g/mol. The number of guanidine groups is 1. The van der Waals surface area contributed by atoms with Gasteiger partial charge in [-0.15, -0.1) is 0 Å². The van der Waals surface area contributed by atoms with Crippen molar-refractivity contribution in [1.82, 2.24) is 20.4 Å². The molecule has 1 amide bonds. The second-order valence-corrected chi connectivity index (χ2v) is 9.02. The Kier molecular flexibility index (Phi) is 9.02. The van der Waals surface area contributed by atoms with E-state index in [2.05, 4.69) is 32.7 Å². The van der Waals surface area contributed by atoms with Crippen molar-refractivity contribution in [2.45, 2.75) is 57.2 Å². The first-order valence-corrected chi connectivity index (χ1v) is 11.7. The Morgan fingerprint density at radius 1 is 1.03 bits per heavy atom. The van der Waals surface area contributed by atoms with Gasteiger partial charge in [-0.3, -0.25) is 9.69 Å². The molecule has 1 aliphatic carbocycles. The number of likely N-dealkylation sites (tertiary alicyclic amines) is 1. The summed E-state index contributed by atoms with van der Waals surface area (Å²) < 4.78 is 10.8. The van der Waals surface area contributed by atoms with Crippen molar-refractivity contribution in [3.63, 3.8) is 0 Å². The van der Waals surface area contributed by atoms with E-state index in [0.29, 0.717) is 12.1 Å². The van der Waals surface area contributed by atoms with Gasteiger partial charge >= 0.3 is 0 Å². The van der Waals surface area contributed by atoms with E-state index in [9.17, 15) is 4.79 Å². The number of methoxy groups -OCH3 is 2. The monoisotopic (exact) mass is 445 g/mol. The molecule has 2 aliphatic rings. The zero-order chi connectivity index (χ0) is 22.9. The van der Waals surface area contributed by atoms with E-state index < -0.39 is 0 Å². The van der Waals surface area contributed by atoms with Crippen LogP contribution in [0.25, 0.3) is 0 Å². The van der Waals surface area contributed by atoms with E-state index in [1.165, 1.54) is 24.8 Å². The predicted molar refractivity (Wildman–Crippen MR) is 127 cm³/mol. The Morgan fingerprint density at radius 2 is 1.69 bits per heavy atom. The minimum atomic E-state index is 0.00904. The maximum atomic E-state index is 12.1. The number of carbonyl (C=O) groups excluding carboxylic acids is 1. The molecule has 2 N–H and O–H groups in total. The third-order valence-electron chi connectivity index (χ3n) is 6.25. The number of ether oxygens (including phenoxy) is 2. The topological polar surface area (TPSA) is 78.4 Å². The van der Waals surface area contributed by atoms with Crippen LogP contribution >= 0.6 is 0 Å². The molecule has 0 bridgehead atoms. The smallest absolute Gasteiger partial charge is 0.243 e. The van der Waals surface area contributed by atoms with Crippen molar-refractivity contribution in [2.24, 2.45) is 4.99 Å². The second kappa shape index (κ2) is 11.9. The van der Waals surface area contributed by atoms with Gasteiger partial charge in [-0.2, -0.15) is 0 Å². The highest BCUT2D eigenvalue weighted by Crippen LogP contribution is 2.24. The summed E-state index contributed by atoms with van der Waals surface area (Å²) in [5, 5.41) is 7.18. The lowest BCUT2D eigenvalue weighted by Gasteiger charge is -2.27. The summed E-state index contributed by atoms with van der Waals surface area (Å²) in [7, 11) is 6.88. The Hall–Kier alpha value is -2.48. The average molecular weight is 446 g/mol. The molecule has 32 heavy (non-hydrogen) atoms. The highest BCUT2D eigenvalue weighted by Gasteiger charge is 2.25. The summed E-state index contributed by atoms with van der Waals surface area (Å²) >= 11 is 0. The van der Waals surface area contributed by atoms with Crippen LogP contribution in [0.4, 0.5) is 0 Å². The molecule has 8 nitrogen and oxygen atoms in total. The minimum Gasteiger partial charge on any atom is -0.497 e. The van der Waals surface area contributed by atoms with E-state index in [1.807, 2.05) is 6.07 Å². The molecule has 178 valence electrons. The maximum Gasteiger partial charge on any atom is 0.243 e. The van der Waals surface area contributed by atoms with Gasteiger partial charge in [-0.05, 0) is 37.0 Å². The molecule has 2 fully saturated rings. The molecule has 1 saturated carbocycles. The summed E-state index contributed by atoms with van der Waals surface area (Å²) in [5.41, 5.74) is 1.17. The van der Waals surface area contributed by atoms with Crippen LogP contribution in [-0.2, 0) is 11.3 Å². The number of rotatable bonds is 8. The molecular formula is C24H39N5O3. The number of benzene rings is 1. The third-order valence-corrected chi connectivity index (χ3v) is 6.25.